The Hall–Kier alpha value is -1.39. The Kier molecular flexibility index (Phi) is 8.26. The van der Waals surface area contributed by atoms with E-state index in [9.17, 15) is 9.90 Å². The maximum Gasteiger partial charge on any atom is 0.224 e. The van der Waals surface area contributed by atoms with Crippen LogP contribution in [0.15, 0.2) is 24.3 Å². The molecule has 0 aliphatic carbocycles. The molecular weight excluding hydrogens is 300 g/mol. The molecule has 4 nitrogen and oxygen atoms in total. The molecule has 1 saturated heterocycles. The normalized spacial score (nSPS) is 16.2. The Morgan fingerprint density at radius 1 is 1.25 bits per heavy atom. The summed E-state index contributed by atoms with van der Waals surface area (Å²) in [5, 5.41) is 12.2. The number of piperidine rings is 1. The van der Waals surface area contributed by atoms with Gasteiger partial charge in [-0.15, -0.1) is 0 Å². The molecule has 2 rings (SSSR count). The van der Waals surface area contributed by atoms with Crippen molar-refractivity contribution < 1.29 is 9.90 Å². The number of unbranched alkanes of at least 4 members (excludes halogenated alkanes) is 3. The van der Waals surface area contributed by atoms with Crippen molar-refractivity contribution in [2.24, 2.45) is 5.92 Å². The van der Waals surface area contributed by atoms with Crippen LogP contribution in [-0.4, -0.2) is 35.6 Å². The van der Waals surface area contributed by atoms with Crippen LogP contribution in [0.1, 0.15) is 57.4 Å². The van der Waals surface area contributed by atoms with Crippen molar-refractivity contribution in [2.45, 2.75) is 58.4 Å². The standard InChI is InChI=1S/C20H32N2O2/c1-2-3-4-5-9-20(24)21-19-8-6-7-18(14-19)15-22-12-10-17(16-23)11-13-22/h6-8,14,17,23H,2-5,9-13,15-16H2,1H3,(H,21,24). The Morgan fingerprint density at radius 3 is 2.75 bits per heavy atom. The van der Waals surface area contributed by atoms with Crippen molar-refractivity contribution >= 4 is 11.6 Å². The molecule has 1 amide bonds. The molecule has 1 fully saturated rings. The van der Waals surface area contributed by atoms with Crippen LogP contribution in [0.3, 0.4) is 0 Å². The number of nitrogens with one attached hydrogen (secondary N) is 1. The van der Waals surface area contributed by atoms with E-state index < -0.39 is 0 Å². The first-order valence-corrected chi connectivity index (χ1v) is 9.43. The van der Waals surface area contributed by atoms with E-state index in [0.717, 1.165) is 51.0 Å². The number of likely N-dealkylation sites (tertiary alicyclic amines) is 1. The fraction of sp³-hybridized carbons (Fsp3) is 0.650. The molecule has 0 bridgehead atoms. The molecule has 0 unspecified atom stereocenters. The number of amides is 1. The molecule has 0 aromatic heterocycles. The summed E-state index contributed by atoms with van der Waals surface area (Å²) < 4.78 is 0. The second-order valence-electron chi connectivity index (χ2n) is 6.96. The SMILES string of the molecule is CCCCCCC(=O)Nc1cccc(CN2CCC(CO)CC2)c1. The number of carbonyl (C=O) groups excluding carboxylic acids is 1. The summed E-state index contributed by atoms with van der Waals surface area (Å²) in [5.74, 6) is 0.589. The van der Waals surface area contributed by atoms with Gasteiger partial charge in [0.2, 0.25) is 5.91 Å². The van der Waals surface area contributed by atoms with E-state index >= 15 is 0 Å². The zero-order valence-corrected chi connectivity index (χ0v) is 15.0. The summed E-state index contributed by atoms with van der Waals surface area (Å²) in [6.07, 6.45) is 7.26. The van der Waals surface area contributed by atoms with Gasteiger partial charge in [-0.05, 0) is 56.0 Å². The zero-order valence-electron chi connectivity index (χ0n) is 15.0. The second kappa shape index (κ2) is 10.5. The number of hydrogen-bond acceptors (Lipinski definition) is 3. The van der Waals surface area contributed by atoms with Crippen molar-refractivity contribution in [1.29, 1.82) is 0 Å². The van der Waals surface area contributed by atoms with Gasteiger partial charge in [0.1, 0.15) is 0 Å². The van der Waals surface area contributed by atoms with Gasteiger partial charge in [-0.3, -0.25) is 9.69 Å². The number of benzene rings is 1. The van der Waals surface area contributed by atoms with Gasteiger partial charge in [-0.1, -0.05) is 38.3 Å². The first-order chi connectivity index (χ1) is 11.7. The maximum atomic E-state index is 12.0. The number of hydrogen-bond donors (Lipinski definition) is 2. The average Bonchev–Trinajstić information content (AvgIpc) is 2.60. The van der Waals surface area contributed by atoms with Crippen molar-refractivity contribution in [2.75, 3.05) is 25.0 Å². The maximum absolute atomic E-state index is 12.0. The lowest BCUT2D eigenvalue weighted by molar-refractivity contribution is -0.116. The van der Waals surface area contributed by atoms with Crippen LogP contribution in [0.25, 0.3) is 0 Å². The minimum Gasteiger partial charge on any atom is -0.396 e. The molecule has 134 valence electrons. The Balaban J connectivity index is 1.77. The van der Waals surface area contributed by atoms with Crippen molar-refractivity contribution in [3.05, 3.63) is 29.8 Å². The topological polar surface area (TPSA) is 52.6 Å². The van der Waals surface area contributed by atoms with Crippen LogP contribution >= 0.6 is 0 Å². The highest BCUT2D eigenvalue weighted by atomic mass is 16.3. The number of anilines is 1. The molecule has 1 aliphatic rings. The molecule has 1 aromatic rings. The van der Waals surface area contributed by atoms with Gasteiger partial charge in [-0.25, -0.2) is 0 Å². The lowest BCUT2D eigenvalue weighted by Gasteiger charge is -2.31. The molecule has 4 heteroatoms. The summed E-state index contributed by atoms with van der Waals surface area (Å²) >= 11 is 0. The third-order valence-electron chi connectivity index (χ3n) is 4.84. The minimum absolute atomic E-state index is 0.118. The van der Waals surface area contributed by atoms with Crippen LogP contribution in [-0.2, 0) is 11.3 Å². The first kappa shape index (κ1) is 18.9. The lowest BCUT2D eigenvalue weighted by atomic mass is 9.97. The van der Waals surface area contributed by atoms with E-state index in [1.807, 2.05) is 12.1 Å². The summed E-state index contributed by atoms with van der Waals surface area (Å²) in [6, 6.07) is 8.19. The molecule has 24 heavy (non-hydrogen) atoms. The fourth-order valence-corrected chi connectivity index (χ4v) is 3.27. The largest absolute Gasteiger partial charge is 0.396 e. The molecular formula is C20H32N2O2. The Labute approximate surface area is 146 Å². The molecule has 2 N–H and O–H groups in total. The van der Waals surface area contributed by atoms with Crippen LogP contribution in [0.5, 0.6) is 0 Å². The first-order valence-electron chi connectivity index (χ1n) is 9.43. The predicted molar refractivity (Wildman–Crippen MR) is 98.9 cm³/mol. The number of aliphatic hydroxyl groups excluding tert-OH is 1. The molecule has 1 aliphatic heterocycles. The highest BCUT2D eigenvalue weighted by molar-refractivity contribution is 5.90. The molecule has 1 heterocycles. The van der Waals surface area contributed by atoms with Gasteiger partial charge in [-0.2, -0.15) is 0 Å². The monoisotopic (exact) mass is 332 g/mol. The van der Waals surface area contributed by atoms with Crippen molar-refractivity contribution in [1.82, 2.24) is 4.90 Å². The second-order valence-corrected chi connectivity index (χ2v) is 6.96. The summed E-state index contributed by atoms with van der Waals surface area (Å²) in [4.78, 5) is 14.4. The number of aliphatic hydroxyl groups is 1. The summed E-state index contributed by atoms with van der Waals surface area (Å²) in [7, 11) is 0. The van der Waals surface area contributed by atoms with E-state index in [0.29, 0.717) is 18.9 Å². The summed E-state index contributed by atoms with van der Waals surface area (Å²) in [5.41, 5.74) is 2.14. The van der Waals surface area contributed by atoms with Crippen molar-refractivity contribution in [3.63, 3.8) is 0 Å². The van der Waals surface area contributed by atoms with Gasteiger partial charge in [0.15, 0.2) is 0 Å². The molecule has 0 radical (unpaired) electrons. The fourth-order valence-electron chi connectivity index (χ4n) is 3.27. The van der Waals surface area contributed by atoms with Gasteiger partial charge < -0.3 is 10.4 Å². The number of rotatable bonds is 9. The van der Waals surface area contributed by atoms with Gasteiger partial charge in [0.05, 0.1) is 0 Å². The van der Waals surface area contributed by atoms with E-state index in [1.54, 1.807) is 0 Å². The third kappa shape index (κ3) is 6.62. The van der Waals surface area contributed by atoms with Crippen molar-refractivity contribution in [3.8, 4) is 0 Å². The van der Waals surface area contributed by atoms with E-state index in [4.69, 9.17) is 0 Å². The highest BCUT2D eigenvalue weighted by Crippen LogP contribution is 2.20. The Morgan fingerprint density at radius 2 is 2.04 bits per heavy atom. The van der Waals surface area contributed by atoms with Gasteiger partial charge in [0.25, 0.3) is 0 Å². The predicted octanol–water partition coefficient (Wildman–Crippen LogP) is 3.80. The third-order valence-corrected chi connectivity index (χ3v) is 4.84. The smallest absolute Gasteiger partial charge is 0.224 e. The highest BCUT2D eigenvalue weighted by Gasteiger charge is 2.18. The molecule has 1 aromatic carbocycles. The number of carbonyl (C=O) groups is 1. The zero-order chi connectivity index (χ0) is 17.2. The Bertz CT molecular complexity index is 496. The molecule has 0 spiro atoms. The lowest BCUT2D eigenvalue weighted by Crippen LogP contribution is -2.34. The number of nitrogens with zero attached hydrogens (tertiary/aromatic N) is 1. The van der Waals surface area contributed by atoms with Gasteiger partial charge >= 0.3 is 0 Å². The minimum atomic E-state index is 0.118. The van der Waals surface area contributed by atoms with Crippen LogP contribution in [0.4, 0.5) is 5.69 Å². The van der Waals surface area contributed by atoms with E-state index in [2.05, 4.69) is 29.3 Å². The average molecular weight is 332 g/mol. The quantitative estimate of drug-likeness (QED) is 0.676. The van der Waals surface area contributed by atoms with E-state index in [1.165, 1.54) is 18.4 Å². The van der Waals surface area contributed by atoms with Crippen LogP contribution in [0, 0.1) is 5.92 Å². The van der Waals surface area contributed by atoms with Gasteiger partial charge in [0, 0.05) is 25.3 Å². The van der Waals surface area contributed by atoms with Crippen LogP contribution < -0.4 is 5.32 Å². The van der Waals surface area contributed by atoms with E-state index in [-0.39, 0.29) is 5.91 Å². The molecule has 0 atom stereocenters. The molecule has 0 saturated carbocycles. The summed E-state index contributed by atoms with van der Waals surface area (Å²) in [6.45, 7) is 5.49. The van der Waals surface area contributed by atoms with Crippen LogP contribution in [0.2, 0.25) is 0 Å².